The van der Waals surface area contributed by atoms with Crippen molar-refractivity contribution in [2.24, 2.45) is 16.5 Å². The van der Waals surface area contributed by atoms with Crippen LogP contribution >= 0.6 is 9.24 Å². The topological polar surface area (TPSA) is 121 Å². The number of rotatable bonds is 8. The lowest BCUT2D eigenvalue weighted by molar-refractivity contribution is 0.148. The quantitative estimate of drug-likeness (QED) is 0.299. The summed E-state index contributed by atoms with van der Waals surface area (Å²) in [5.41, 5.74) is 15.7. The van der Waals surface area contributed by atoms with Gasteiger partial charge in [0.1, 0.15) is 11.5 Å². The smallest absolute Gasteiger partial charge is 0.262 e. The van der Waals surface area contributed by atoms with Crippen LogP contribution in [0.3, 0.4) is 0 Å². The van der Waals surface area contributed by atoms with E-state index in [0.29, 0.717) is 35.7 Å². The van der Waals surface area contributed by atoms with Gasteiger partial charge in [-0.25, -0.2) is 9.99 Å². The van der Waals surface area contributed by atoms with Crippen molar-refractivity contribution in [3.8, 4) is 0 Å². The molecule has 0 spiro atoms. The number of hydrogen-bond acceptors (Lipinski definition) is 9. The number of pyridine rings is 1. The summed E-state index contributed by atoms with van der Waals surface area (Å²) < 4.78 is 1.53. The number of hydrazine groups is 1. The zero-order valence-electron chi connectivity index (χ0n) is 21.7. The Labute approximate surface area is 219 Å². The summed E-state index contributed by atoms with van der Waals surface area (Å²) in [6.07, 6.45) is 4.87. The molecule has 1 aliphatic rings. The number of likely N-dealkylation sites (N-methyl/N-ethyl adjacent to an activating group) is 1. The Morgan fingerprint density at radius 2 is 2.00 bits per heavy atom. The van der Waals surface area contributed by atoms with Gasteiger partial charge in [0.2, 0.25) is 0 Å². The van der Waals surface area contributed by atoms with Gasteiger partial charge in [0, 0.05) is 75.2 Å². The molecule has 1 aromatic carbocycles. The maximum atomic E-state index is 13.3. The fourth-order valence-electron chi connectivity index (χ4n) is 4.22. The zero-order chi connectivity index (χ0) is 26.5. The van der Waals surface area contributed by atoms with Crippen LogP contribution in [-0.2, 0) is 0 Å². The standard InChI is InChI=1S/C26H36N9OP/c1-18-25(30-22-6-5-21(14-23(22)37)33(3)34-12-10-32(2)11-13-34)31-24-7-4-19(17-35(24)26(18)36)20(15-28)16-29-9-8-27/h4-7,14-17,30H,8-13,27-28,37H2,1-3H3/b20-15+,29-16?. The first-order chi connectivity index (χ1) is 17.8. The van der Waals surface area contributed by atoms with Crippen molar-refractivity contribution in [3.63, 3.8) is 0 Å². The summed E-state index contributed by atoms with van der Waals surface area (Å²) in [7, 11) is 7.03. The second-order valence-electron chi connectivity index (χ2n) is 9.16. The SMILES string of the molecule is Cc1c(Nc2ccc(N(C)N3CCN(C)CC3)cc2P)nc2ccc(/C(C=NCCN)=C/N)cn2c1=O. The molecule has 4 rings (SSSR count). The van der Waals surface area contributed by atoms with E-state index < -0.39 is 0 Å². The van der Waals surface area contributed by atoms with Gasteiger partial charge in [0.05, 0.1) is 17.8 Å². The Morgan fingerprint density at radius 1 is 1.24 bits per heavy atom. The molecule has 2 aromatic heterocycles. The van der Waals surface area contributed by atoms with Crippen molar-refractivity contribution in [2.45, 2.75) is 6.92 Å². The van der Waals surface area contributed by atoms with Gasteiger partial charge >= 0.3 is 0 Å². The second kappa shape index (κ2) is 11.8. The number of hydrogen-bond donors (Lipinski definition) is 3. The predicted octanol–water partition coefficient (Wildman–Crippen LogP) is 1.17. The van der Waals surface area contributed by atoms with Crippen molar-refractivity contribution < 1.29 is 0 Å². The van der Waals surface area contributed by atoms with E-state index in [1.54, 1.807) is 25.4 Å². The lowest BCUT2D eigenvalue weighted by atomic mass is 10.1. The molecule has 5 N–H and O–H groups in total. The van der Waals surface area contributed by atoms with Gasteiger partial charge in [0.15, 0.2) is 0 Å². The molecule has 0 saturated carbocycles. The number of benzene rings is 1. The molecule has 3 aromatic rings. The van der Waals surface area contributed by atoms with Gasteiger partial charge < -0.3 is 26.7 Å². The van der Waals surface area contributed by atoms with Crippen LogP contribution in [0, 0.1) is 6.92 Å². The summed E-state index contributed by atoms with van der Waals surface area (Å²) >= 11 is 0. The Hall–Kier alpha value is -3.30. The van der Waals surface area contributed by atoms with Crippen LogP contribution in [-0.4, -0.2) is 78.9 Å². The van der Waals surface area contributed by atoms with Gasteiger partial charge in [-0.2, -0.15) is 0 Å². The number of aromatic nitrogens is 2. The van der Waals surface area contributed by atoms with Crippen molar-refractivity contribution in [1.82, 2.24) is 19.3 Å². The van der Waals surface area contributed by atoms with Gasteiger partial charge in [-0.3, -0.25) is 14.2 Å². The van der Waals surface area contributed by atoms with Gasteiger partial charge in [0.25, 0.3) is 5.56 Å². The largest absolute Gasteiger partial charge is 0.404 e. The van der Waals surface area contributed by atoms with Crippen LogP contribution in [0.5, 0.6) is 0 Å². The molecule has 37 heavy (non-hydrogen) atoms. The average molecular weight is 522 g/mol. The summed E-state index contributed by atoms with van der Waals surface area (Å²) in [5, 5.41) is 8.91. The molecule has 10 nitrogen and oxygen atoms in total. The molecule has 1 fully saturated rings. The molecule has 1 aliphatic heterocycles. The predicted molar refractivity (Wildman–Crippen MR) is 157 cm³/mol. The number of anilines is 3. The van der Waals surface area contributed by atoms with E-state index in [1.807, 2.05) is 12.1 Å². The minimum atomic E-state index is -0.152. The molecular weight excluding hydrogens is 485 g/mol. The fraction of sp³-hybridized carbons (Fsp3) is 0.346. The number of nitrogens with zero attached hydrogens (tertiary/aromatic N) is 6. The Balaban J connectivity index is 1.58. The maximum Gasteiger partial charge on any atom is 0.262 e. The molecule has 3 heterocycles. The summed E-state index contributed by atoms with van der Waals surface area (Å²) in [6, 6.07) is 9.90. The lowest BCUT2D eigenvalue weighted by Gasteiger charge is -2.39. The third kappa shape index (κ3) is 5.99. The highest BCUT2D eigenvalue weighted by Crippen LogP contribution is 2.23. The van der Waals surface area contributed by atoms with E-state index in [-0.39, 0.29) is 5.56 Å². The normalized spacial score (nSPS) is 15.5. The van der Waals surface area contributed by atoms with Crippen LogP contribution in [0.1, 0.15) is 11.1 Å². The average Bonchev–Trinajstić information content (AvgIpc) is 2.90. The summed E-state index contributed by atoms with van der Waals surface area (Å²) in [4.78, 5) is 24.6. The van der Waals surface area contributed by atoms with Gasteiger partial charge in [-0.1, -0.05) is 0 Å². The molecular formula is C26H36N9OP. The monoisotopic (exact) mass is 521 g/mol. The molecule has 1 atom stereocenters. The fourth-order valence-corrected chi connectivity index (χ4v) is 4.56. The first-order valence-corrected chi connectivity index (χ1v) is 12.9. The molecule has 0 bridgehead atoms. The third-order valence-corrected chi connectivity index (χ3v) is 7.09. The van der Waals surface area contributed by atoms with Crippen LogP contribution in [0.4, 0.5) is 17.2 Å². The Morgan fingerprint density at radius 3 is 2.68 bits per heavy atom. The molecule has 196 valence electrons. The molecule has 1 unspecified atom stereocenters. The van der Waals surface area contributed by atoms with Crippen LogP contribution in [0.25, 0.3) is 11.2 Å². The summed E-state index contributed by atoms with van der Waals surface area (Å²) in [5.74, 6) is 0.528. The zero-order valence-corrected chi connectivity index (χ0v) is 22.8. The minimum Gasteiger partial charge on any atom is -0.404 e. The summed E-state index contributed by atoms with van der Waals surface area (Å²) in [6.45, 7) is 6.82. The highest BCUT2D eigenvalue weighted by molar-refractivity contribution is 7.28. The molecule has 0 aliphatic carbocycles. The maximum absolute atomic E-state index is 13.3. The number of aliphatic imine (C=N–C) groups is 1. The van der Waals surface area contributed by atoms with E-state index in [9.17, 15) is 4.79 Å². The van der Waals surface area contributed by atoms with Crippen LogP contribution in [0.15, 0.2) is 52.5 Å². The lowest BCUT2D eigenvalue weighted by Crippen LogP contribution is -2.51. The highest BCUT2D eigenvalue weighted by atomic mass is 31.0. The van der Waals surface area contributed by atoms with Crippen molar-refractivity contribution in [2.75, 3.05) is 63.7 Å². The number of nitrogens with one attached hydrogen (secondary N) is 1. The van der Waals surface area contributed by atoms with Gasteiger partial charge in [-0.15, -0.1) is 9.24 Å². The third-order valence-electron chi connectivity index (χ3n) is 6.62. The van der Waals surface area contributed by atoms with E-state index in [0.717, 1.165) is 48.4 Å². The first-order valence-electron chi connectivity index (χ1n) is 12.3. The number of nitrogens with two attached hydrogens (primary N) is 2. The van der Waals surface area contributed by atoms with E-state index in [1.165, 1.54) is 10.6 Å². The molecule has 1 saturated heterocycles. The van der Waals surface area contributed by atoms with E-state index in [2.05, 4.69) is 60.7 Å². The van der Waals surface area contributed by atoms with E-state index in [4.69, 9.17) is 16.5 Å². The van der Waals surface area contributed by atoms with Crippen LogP contribution < -0.4 is 32.7 Å². The van der Waals surface area contributed by atoms with Crippen LogP contribution in [0.2, 0.25) is 0 Å². The van der Waals surface area contributed by atoms with Crippen molar-refractivity contribution >= 4 is 49.2 Å². The minimum absolute atomic E-state index is 0.152. The van der Waals surface area contributed by atoms with Crippen molar-refractivity contribution in [3.05, 3.63) is 64.2 Å². The Kier molecular flexibility index (Phi) is 8.56. The molecule has 0 amide bonds. The highest BCUT2D eigenvalue weighted by Gasteiger charge is 2.19. The number of allylic oxidation sites excluding steroid dienone is 1. The molecule has 11 heteroatoms. The number of piperazine rings is 1. The van der Waals surface area contributed by atoms with E-state index >= 15 is 0 Å². The molecule has 0 radical (unpaired) electrons. The van der Waals surface area contributed by atoms with Crippen molar-refractivity contribution in [1.29, 1.82) is 0 Å². The number of fused-ring (bicyclic) bond motifs is 1. The first kappa shape index (κ1) is 26.8. The second-order valence-corrected chi connectivity index (χ2v) is 9.78. The Bertz CT molecular complexity index is 1380. The van der Waals surface area contributed by atoms with Gasteiger partial charge in [-0.05, 0) is 49.6 Å².